The highest BCUT2D eigenvalue weighted by molar-refractivity contribution is 5.75. The zero-order valence-electron chi connectivity index (χ0n) is 8.98. The molecule has 0 amide bonds. The number of carboxylic acid groups (broad SMARTS) is 1. The maximum absolute atomic E-state index is 10.3. The number of aliphatic carboxylic acids is 1. The molecule has 12 heavy (non-hydrogen) atoms. The largest absolute Gasteiger partial charge is 0.481 e. The third-order valence-corrected chi connectivity index (χ3v) is 1.97. The highest BCUT2D eigenvalue weighted by Crippen LogP contribution is 2.40. The molecular formula is C10H22O2. The van der Waals surface area contributed by atoms with E-state index in [4.69, 9.17) is 5.11 Å². The summed E-state index contributed by atoms with van der Waals surface area (Å²) in [6.07, 6.45) is 2.81. The first kappa shape index (κ1) is 14.0. The fourth-order valence-corrected chi connectivity index (χ4v) is 0.921. The molecule has 0 unspecified atom stereocenters. The lowest BCUT2D eigenvalue weighted by atomic mass is 9.71. The van der Waals surface area contributed by atoms with Crippen LogP contribution in [0.5, 0.6) is 0 Å². The highest BCUT2D eigenvalue weighted by atomic mass is 16.4. The summed E-state index contributed by atoms with van der Waals surface area (Å²) in [5, 5.41) is 8.49. The first-order valence-electron chi connectivity index (χ1n) is 4.88. The second-order valence-corrected chi connectivity index (χ2v) is 2.72. The molecule has 1 N–H and O–H groups in total. The van der Waals surface area contributed by atoms with Gasteiger partial charge in [-0.15, -0.1) is 0 Å². The minimum atomic E-state index is -0.635. The lowest BCUT2D eigenvalue weighted by Gasteiger charge is -2.33. The number of carboxylic acids is 1. The van der Waals surface area contributed by atoms with E-state index in [1.165, 1.54) is 0 Å². The van der Waals surface area contributed by atoms with Crippen LogP contribution in [-0.2, 0) is 4.79 Å². The van der Waals surface area contributed by atoms with Crippen LogP contribution < -0.4 is 0 Å². The summed E-state index contributed by atoms with van der Waals surface area (Å²) in [5.41, 5.74) is -0.361. The van der Waals surface area contributed by atoms with E-state index in [0.717, 1.165) is 19.3 Å². The fraction of sp³-hybridized carbons (Fsp3) is 0.900. The first-order chi connectivity index (χ1) is 5.65. The van der Waals surface area contributed by atoms with Crippen molar-refractivity contribution in [3.63, 3.8) is 0 Å². The molecule has 0 heterocycles. The monoisotopic (exact) mass is 174 g/mol. The van der Waals surface area contributed by atoms with Gasteiger partial charge in [-0.1, -0.05) is 34.1 Å². The van der Waals surface area contributed by atoms with Crippen LogP contribution in [0.2, 0.25) is 0 Å². The fourth-order valence-electron chi connectivity index (χ4n) is 0.921. The molecule has 0 bridgehead atoms. The topological polar surface area (TPSA) is 37.3 Å². The summed E-state index contributed by atoms with van der Waals surface area (Å²) < 4.78 is 0. The molecule has 0 aromatic rings. The van der Waals surface area contributed by atoms with Gasteiger partial charge in [0, 0.05) is 0 Å². The summed E-state index contributed by atoms with van der Waals surface area (Å²) in [7, 11) is 0. The van der Waals surface area contributed by atoms with E-state index in [1.807, 2.05) is 27.7 Å². The molecule has 1 aliphatic carbocycles. The van der Waals surface area contributed by atoms with Crippen molar-refractivity contribution < 1.29 is 9.90 Å². The predicted octanol–water partition coefficient (Wildman–Crippen LogP) is 3.31. The number of hydrogen-bond acceptors (Lipinski definition) is 1. The molecule has 1 fully saturated rings. The van der Waals surface area contributed by atoms with E-state index in [1.54, 1.807) is 6.92 Å². The standard InChI is InChI=1S/C6H10O2.2C2H6/c1-6(5(7)8)3-2-4-6;2*1-2/h2-4H2,1H3,(H,7,8);2*1-2H3. The quantitative estimate of drug-likeness (QED) is 0.662. The molecule has 0 atom stereocenters. The highest BCUT2D eigenvalue weighted by Gasteiger charge is 2.38. The van der Waals surface area contributed by atoms with Crippen molar-refractivity contribution in [1.82, 2.24) is 0 Å². The third kappa shape index (κ3) is 3.74. The Balaban J connectivity index is 0. The molecule has 0 saturated heterocycles. The molecule has 74 valence electrons. The van der Waals surface area contributed by atoms with Crippen LogP contribution in [0.15, 0.2) is 0 Å². The van der Waals surface area contributed by atoms with Crippen molar-refractivity contribution in [2.24, 2.45) is 5.41 Å². The third-order valence-electron chi connectivity index (χ3n) is 1.97. The van der Waals surface area contributed by atoms with Gasteiger partial charge in [0.25, 0.3) is 0 Å². The van der Waals surface area contributed by atoms with E-state index < -0.39 is 5.97 Å². The van der Waals surface area contributed by atoms with Gasteiger partial charge >= 0.3 is 5.97 Å². The van der Waals surface area contributed by atoms with Crippen molar-refractivity contribution in [3.05, 3.63) is 0 Å². The molecular weight excluding hydrogens is 152 g/mol. The summed E-state index contributed by atoms with van der Waals surface area (Å²) in [6, 6.07) is 0. The lowest BCUT2D eigenvalue weighted by molar-refractivity contribution is -0.152. The average Bonchev–Trinajstić information content (AvgIpc) is 2.07. The van der Waals surface area contributed by atoms with E-state index >= 15 is 0 Å². The van der Waals surface area contributed by atoms with Crippen LogP contribution >= 0.6 is 0 Å². The van der Waals surface area contributed by atoms with E-state index in [-0.39, 0.29) is 5.41 Å². The zero-order valence-corrected chi connectivity index (χ0v) is 8.98. The lowest BCUT2D eigenvalue weighted by Crippen LogP contribution is -2.34. The number of rotatable bonds is 1. The van der Waals surface area contributed by atoms with E-state index in [0.29, 0.717) is 0 Å². The van der Waals surface area contributed by atoms with Crippen LogP contribution in [0.3, 0.4) is 0 Å². The molecule has 2 heteroatoms. The van der Waals surface area contributed by atoms with Crippen molar-refractivity contribution in [1.29, 1.82) is 0 Å². The van der Waals surface area contributed by atoms with E-state index in [2.05, 4.69) is 0 Å². The predicted molar refractivity (Wildman–Crippen MR) is 52.3 cm³/mol. The molecule has 0 aliphatic heterocycles. The normalized spacial score (nSPS) is 17.1. The second kappa shape index (κ2) is 7.14. The summed E-state index contributed by atoms with van der Waals surface area (Å²) in [6.45, 7) is 9.80. The Bertz CT molecular complexity index is 115. The summed E-state index contributed by atoms with van der Waals surface area (Å²) in [4.78, 5) is 10.3. The van der Waals surface area contributed by atoms with Gasteiger partial charge in [-0.3, -0.25) is 4.79 Å². The van der Waals surface area contributed by atoms with E-state index in [9.17, 15) is 4.79 Å². The maximum Gasteiger partial charge on any atom is 0.309 e. The van der Waals surface area contributed by atoms with Crippen molar-refractivity contribution in [2.75, 3.05) is 0 Å². The Morgan fingerprint density at radius 1 is 1.17 bits per heavy atom. The zero-order chi connectivity index (χ0) is 10.2. The summed E-state index contributed by atoms with van der Waals surface area (Å²) >= 11 is 0. The van der Waals surface area contributed by atoms with Gasteiger partial charge in [0.1, 0.15) is 0 Å². The van der Waals surface area contributed by atoms with Crippen LogP contribution in [0.1, 0.15) is 53.9 Å². The van der Waals surface area contributed by atoms with Crippen LogP contribution in [0.4, 0.5) is 0 Å². The Morgan fingerprint density at radius 2 is 1.50 bits per heavy atom. The van der Waals surface area contributed by atoms with Gasteiger partial charge in [0.2, 0.25) is 0 Å². The molecule has 0 aromatic carbocycles. The molecule has 1 rings (SSSR count). The van der Waals surface area contributed by atoms with Crippen LogP contribution in [0.25, 0.3) is 0 Å². The maximum atomic E-state index is 10.3. The van der Waals surface area contributed by atoms with Gasteiger partial charge in [0.05, 0.1) is 5.41 Å². The molecule has 0 radical (unpaired) electrons. The van der Waals surface area contributed by atoms with Crippen molar-refractivity contribution in [3.8, 4) is 0 Å². The van der Waals surface area contributed by atoms with Crippen LogP contribution in [-0.4, -0.2) is 11.1 Å². The number of hydrogen-bond donors (Lipinski definition) is 1. The minimum Gasteiger partial charge on any atom is -0.481 e. The molecule has 0 spiro atoms. The Hall–Kier alpha value is -0.530. The number of carbonyl (C=O) groups is 1. The molecule has 0 aromatic heterocycles. The smallest absolute Gasteiger partial charge is 0.309 e. The SMILES string of the molecule is CC.CC.CC1(C(=O)O)CCC1. The van der Waals surface area contributed by atoms with Gasteiger partial charge in [-0.25, -0.2) is 0 Å². The minimum absolute atomic E-state index is 0.361. The molecule has 1 aliphatic rings. The van der Waals surface area contributed by atoms with Crippen LogP contribution in [0, 0.1) is 5.41 Å². The van der Waals surface area contributed by atoms with Gasteiger partial charge in [-0.2, -0.15) is 0 Å². The van der Waals surface area contributed by atoms with Crippen molar-refractivity contribution >= 4 is 5.97 Å². The van der Waals surface area contributed by atoms with Gasteiger partial charge in [-0.05, 0) is 19.8 Å². The Labute approximate surface area is 76.0 Å². The first-order valence-corrected chi connectivity index (χ1v) is 4.88. The van der Waals surface area contributed by atoms with Crippen molar-refractivity contribution in [2.45, 2.75) is 53.9 Å². The second-order valence-electron chi connectivity index (χ2n) is 2.72. The Morgan fingerprint density at radius 3 is 1.50 bits per heavy atom. The van der Waals surface area contributed by atoms with Gasteiger partial charge in [0.15, 0.2) is 0 Å². The Kier molecular flexibility index (Phi) is 8.34. The van der Waals surface area contributed by atoms with Gasteiger partial charge < -0.3 is 5.11 Å². The molecule has 1 saturated carbocycles. The molecule has 2 nitrogen and oxygen atoms in total. The average molecular weight is 174 g/mol. The summed E-state index contributed by atoms with van der Waals surface area (Å²) in [5.74, 6) is -0.635.